The number of thiophene rings is 1. The lowest BCUT2D eigenvalue weighted by Crippen LogP contribution is -2.60. The van der Waals surface area contributed by atoms with E-state index in [2.05, 4.69) is 9.97 Å². The minimum absolute atomic E-state index is 0.128. The first kappa shape index (κ1) is 23.2. The maximum Gasteiger partial charge on any atom is 0.261 e. The SMILES string of the molecule is CCOC[C@H]1C(=O)N(Cc2ccc3c(N)ncnc3c2)CCN1C(=O)COc1csc(Cl)c1. The number of hydrogen-bond acceptors (Lipinski definition) is 8. The van der Waals surface area contributed by atoms with E-state index in [1.54, 1.807) is 16.3 Å². The lowest BCUT2D eigenvalue weighted by atomic mass is 10.1. The first-order chi connectivity index (χ1) is 16.0. The number of nitrogen functional groups attached to an aromatic ring is 1. The van der Waals surface area contributed by atoms with Crippen molar-refractivity contribution in [2.75, 3.05) is 38.6 Å². The number of aromatic nitrogens is 2. The Kier molecular flexibility index (Phi) is 7.26. The van der Waals surface area contributed by atoms with Gasteiger partial charge in [-0.3, -0.25) is 9.59 Å². The molecule has 33 heavy (non-hydrogen) atoms. The molecule has 1 atom stereocenters. The zero-order valence-corrected chi connectivity index (χ0v) is 19.6. The zero-order valence-electron chi connectivity index (χ0n) is 18.1. The van der Waals surface area contributed by atoms with Gasteiger partial charge in [0.1, 0.15) is 23.9 Å². The van der Waals surface area contributed by atoms with Crippen LogP contribution in [0.4, 0.5) is 5.82 Å². The van der Waals surface area contributed by atoms with E-state index in [4.69, 9.17) is 26.8 Å². The second-order valence-corrected chi connectivity index (χ2v) is 9.05. The fraction of sp³-hybridized carbons (Fsp3) is 0.364. The minimum Gasteiger partial charge on any atom is -0.483 e. The van der Waals surface area contributed by atoms with Crippen LogP contribution in [0, 0.1) is 0 Å². The van der Waals surface area contributed by atoms with Gasteiger partial charge in [-0.2, -0.15) is 0 Å². The molecule has 174 valence electrons. The Morgan fingerprint density at radius 3 is 2.91 bits per heavy atom. The molecule has 0 spiro atoms. The van der Waals surface area contributed by atoms with Crippen LogP contribution in [0.5, 0.6) is 5.75 Å². The van der Waals surface area contributed by atoms with Gasteiger partial charge in [-0.15, -0.1) is 11.3 Å². The predicted octanol–water partition coefficient (Wildman–Crippen LogP) is 2.58. The number of rotatable bonds is 8. The van der Waals surface area contributed by atoms with Gasteiger partial charge in [0.05, 0.1) is 16.5 Å². The molecule has 0 saturated carbocycles. The van der Waals surface area contributed by atoms with Crippen molar-refractivity contribution in [1.29, 1.82) is 0 Å². The Labute approximate surface area is 200 Å². The van der Waals surface area contributed by atoms with Crippen molar-refractivity contribution >= 4 is 51.5 Å². The van der Waals surface area contributed by atoms with Gasteiger partial charge in [-0.25, -0.2) is 9.97 Å². The summed E-state index contributed by atoms with van der Waals surface area (Å²) in [6.45, 7) is 3.44. The molecule has 3 aromatic rings. The average molecular weight is 490 g/mol. The van der Waals surface area contributed by atoms with Crippen LogP contribution in [0.3, 0.4) is 0 Å². The van der Waals surface area contributed by atoms with Crippen LogP contribution in [0.1, 0.15) is 12.5 Å². The lowest BCUT2D eigenvalue weighted by Gasteiger charge is -2.40. The summed E-state index contributed by atoms with van der Waals surface area (Å²) in [6.07, 6.45) is 1.42. The number of nitrogens with zero attached hydrogens (tertiary/aromatic N) is 4. The molecule has 0 aliphatic carbocycles. The molecule has 1 fully saturated rings. The quantitative estimate of drug-likeness (QED) is 0.517. The van der Waals surface area contributed by atoms with Gasteiger partial charge >= 0.3 is 0 Å². The number of piperazine rings is 1. The van der Waals surface area contributed by atoms with Crippen molar-refractivity contribution in [2.45, 2.75) is 19.5 Å². The molecule has 11 heteroatoms. The summed E-state index contributed by atoms with van der Waals surface area (Å²) >= 11 is 7.24. The maximum absolute atomic E-state index is 13.3. The highest BCUT2D eigenvalue weighted by atomic mass is 35.5. The first-order valence-electron chi connectivity index (χ1n) is 10.5. The lowest BCUT2D eigenvalue weighted by molar-refractivity contribution is -0.155. The molecule has 0 bridgehead atoms. The van der Waals surface area contributed by atoms with E-state index < -0.39 is 6.04 Å². The van der Waals surface area contributed by atoms with Gasteiger partial charge in [-0.1, -0.05) is 17.7 Å². The highest BCUT2D eigenvalue weighted by molar-refractivity contribution is 7.14. The van der Waals surface area contributed by atoms with Gasteiger partial charge in [0.2, 0.25) is 5.91 Å². The summed E-state index contributed by atoms with van der Waals surface area (Å²) in [6, 6.07) is 6.61. The number of nitrogens with two attached hydrogens (primary N) is 1. The average Bonchev–Trinajstić information content (AvgIpc) is 3.23. The van der Waals surface area contributed by atoms with Crippen molar-refractivity contribution in [1.82, 2.24) is 19.8 Å². The fourth-order valence-corrected chi connectivity index (χ4v) is 4.52. The number of hydrogen-bond donors (Lipinski definition) is 1. The predicted molar refractivity (Wildman–Crippen MR) is 126 cm³/mol. The molecule has 4 rings (SSSR count). The number of carbonyl (C=O) groups excluding carboxylic acids is 2. The molecular weight excluding hydrogens is 466 g/mol. The van der Waals surface area contributed by atoms with Gasteiger partial charge in [0.15, 0.2) is 6.61 Å². The fourth-order valence-electron chi connectivity index (χ4n) is 3.72. The Hall–Kier alpha value is -2.95. The maximum atomic E-state index is 13.3. The molecular formula is C22H24ClN5O4S. The van der Waals surface area contributed by atoms with Crippen LogP contribution >= 0.6 is 22.9 Å². The van der Waals surface area contributed by atoms with Gasteiger partial charge in [0, 0.05) is 43.1 Å². The number of amides is 2. The third kappa shape index (κ3) is 5.35. The first-order valence-corrected chi connectivity index (χ1v) is 11.7. The van der Waals surface area contributed by atoms with Crippen LogP contribution in [0.2, 0.25) is 4.34 Å². The summed E-state index contributed by atoms with van der Waals surface area (Å²) in [5.41, 5.74) is 7.54. The highest BCUT2D eigenvalue weighted by Gasteiger charge is 2.37. The van der Waals surface area contributed by atoms with E-state index in [-0.39, 0.29) is 25.0 Å². The van der Waals surface area contributed by atoms with Gasteiger partial charge < -0.3 is 25.0 Å². The van der Waals surface area contributed by atoms with E-state index in [0.717, 1.165) is 16.5 Å². The summed E-state index contributed by atoms with van der Waals surface area (Å²) in [5, 5.41) is 2.50. The second kappa shape index (κ2) is 10.3. The standard InChI is InChI=1S/C22H24ClN5O4S/c1-2-31-10-18-22(30)27(9-14-3-4-16-17(7-14)25-13-26-21(16)24)5-6-28(18)20(29)11-32-15-8-19(23)33-12-15/h3-4,7-8,12-13,18H,2,5-6,9-11H2,1H3,(H2,24,25,26)/t18-/m0/s1. The molecule has 9 nitrogen and oxygen atoms in total. The third-order valence-electron chi connectivity index (χ3n) is 5.39. The highest BCUT2D eigenvalue weighted by Crippen LogP contribution is 2.26. The van der Waals surface area contributed by atoms with Crippen LogP contribution in [0.25, 0.3) is 10.9 Å². The van der Waals surface area contributed by atoms with Crippen molar-refractivity contribution in [3.05, 3.63) is 45.9 Å². The smallest absolute Gasteiger partial charge is 0.261 e. The monoisotopic (exact) mass is 489 g/mol. The Balaban J connectivity index is 1.45. The Bertz CT molecular complexity index is 1160. The van der Waals surface area contributed by atoms with E-state index in [1.807, 2.05) is 25.1 Å². The molecule has 1 aliphatic heterocycles. The molecule has 3 heterocycles. The van der Waals surface area contributed by atoms with Crippen molar-refractivity contribution in [3.8, 4) is 5.75 Å². The van der Waals surface area contributed by atoms with Crippen molar-refractivity contribution in [3.63, 3.8) is 0 Å². The zero-order chi connectivity index (χ0) is 23.4. The number of halogens is 1. The van der Waals surface area contributed by atoms with Crippen molar-refractivity contribution in [2.24, 2.45) is 0 Å². The summed E-state index contributed by atoms with van der Waals surface area (Å²) in [7, 11) is 0. The van der Waals surface area contributed by atoms with Crippen molar-refractivity contribution < 1.29 is 19.1 Å². The summed E-state index contributed by atoms with van der Waals surface area (Å²) in [5.74, 6) is 0.515. The van der Waals surface area contributed by atoms with E-state index in [0.29, 0.717) is 42.1 Å². The van der Waals surface area contributed by atoms with E-state index in [1.165, 1.54) is 22.6 Å². The van der Waals surface area contributed by atoms with E-state index >= 15 is 0 Å². The number of ether oxygens (including phenoxy) is 2. The number of benzene rings is 1. The number of anilines is 1. The van der Waals surface area contributed by atoms with Gasteiger partial charge in [-0.05, 0) is 24.6 Å². The molecule has 0 radical (unpaired) electrons. The third-order valence-corrected chi connectivity index (χ3v) is 6.46. The summed E-state index contributed by atoms with van der Waals surface area (Å²) in [4.78, 5) is 37.7. The van der Waals surface area contributed by atoms with Crippen LogP contribution in [-0.4, -0.2) is 70.5 Å². The molecule has 1 aromatic carbocycles. The molecule has 2 N–H and O–H groups in total. The largest absolute Gasteiger partial charge is 0.483 e. The molecule has 2 aromatic heterocycles. The Morgan fingerprint density at radius 2 is 2.15 bits per heavy atom. The molecule has 2 amide bonds. The number of fused-ring (bicyclic) bond motifs is 1. The van der Waals surface area contributed by atoms with Crippen LogP contribution in [-0.2, 0) is 20.9 Å². The van der Waals surface area contributed by atoms with Crippen LogP contribution < -0.4 is 10.5 Å². The van der Waals surface area contributed by atoms with E-state index in [9.17, 15) is 9.59 Å². The normalized spacial score (nSPS) is 16.4. The van der Waals surface area contributed by atoms with Crippen LogP contribution in [0.15, 0.2) is 36.0 Å². The topological polar surface area (TPSA) is 111 Å². The number of carbonyl (C=O) groups is 2. The molecule has 1 aliphatic rings. The minimum atomic E-state index is -0.709. The Morgan fingerprint density at radius 1 is 1.30 bits per heavy atom. The van der Waals surface area contributed by atoms with Gasteiger partial charge in [0.25, 0.3) is 5.91 Å². The molecule has 1 saturated heterocycles. The summed E-state index contributed by atoms with van der Waals surface area (Å²) < 4.78 is 11.7. The second-order valence-electron chi connectivity index (χ2n) is 7.51. The molecule has 0 unspecified atom stereocenters.